The SMILES string of the molecule is CC(C(=O)C12CC3CC(CC(C)(C3)C1)C2)c1ccccn1. The Bertz CT molecular complexity index is 550. The van der Waals surface area contributed by atoms with E-state index >= 15 is 0 Å². The minimum Gasteiger partial charge on any atom is -0.298 e. The quantitative estimate of drug-likeness (QED) is 0.825. The predicted octanol–water partition coefficient (Wildman–Crippen LogP) is 4.36. The summed E-state index contributed by atoms with van der Waals surface area (Å²) in [7, 11) is 0. The van der Waals surface area contributed by atoms with Crippen LogP contribution in [0.3, 0.4) is 0 Å². The number of rotatable bonds is 3. The lowest BCUT2D eigenvalue weighted by Crippen LogP contribution is -2.54. The Morgan fingerprint density at radius 2 is 1.95 bits per heavy atom. The summed E-state index contributed by atoms with van der Waals surface area (Å²) >= 11 is 0. The molecule has 0 spiro atoms. The first-order valence-corrected chi connectivity index (χ1v) is 8.45. The third-order valence-corrected chi connectivity index (χ3v) is 6.40. The molecule has 3 unspecified atom stereocenters. The molecule has 0 saturated heterocycles. The molecule has 5 rings (SSSR count). The van der Waals surface area contributed by atoms with Crippen LogP contribution in [0, 0.1) is 22.7 Å². The van der Waals surface area contributed by atoms with Gasteiger partial charge in [0.15, 0.2) is 0 Å². The summed E-state index contributed by atoms with van der Waals surface area (Å²) in [4.78, 5) is 17.7. The maximum Gasteiger partial charge on any atom is 0.147 e. The third kappa shape index (κ3) is 2.06. The first-order valence-electron chi connectivity index (χ1n) is 8.45. The third-order valence-electron chi connectivity index (χ3n) is 6.40. The molecule has 112 valence electrons. The number of carbonyl (C=O) groups is 1. The molecule has 0 aromatic carbocycles. The molecular formula is C19H25NO. The number of ketones is 1. The van der Waals surface area contributed by atoms with Crippen LogP contribution >= 0.6 is 0 Å². The van der Waals surface area contributed by atoms with Gasteiger partial charge >= 0.3 is 0 Å². The molecule has 4 saturated carbocycles. The molecule has 0 radical (unpaired) electrons. The van der Waals surface area contributed by atoms with Crippen LogP contribution < -0.4 is 0 Å². The van der Waals surface area contributed by atoms with E-state index in [1.807, 2.05) is 18.2 Å². The first kappa shape index (κ1) is 13.5. The molecule has 0 aliphatic heterocycles. The average Bonchev–Trinajstić information content (AvgIpc) is 2.44. The Morgan fingerprint density at radius 3 is 2.52 bits per heavy atom. The van der Waals surface area contributed by atoms with Crippen molar-refractivity contribution >= 4 is 5.78 Å². The standard InChI is InChI=1S/C19H25NO/c1-13(16-5-3-4-6-20-16)17(21)19-10-14-7-15(11-19)9-18(2,8-14)12-19/h3-6,13-15H,7-12H2,1-2H3. The van der Waals surface area contributed by atoms with E-state index in [2.05, 4.69) is 18.8 Å². The number of nitrogens with zero attached hydrogens (tertiary/aromatic N) is 1. The highest BCUT2D eigenvalue weighted by molar-refractivity contribution is 5.91. The molecule has 2 heteroatoms. The summed E-state index contributed by atoms with van der Waals surface area (Å²) in [5.41, 5.74) is 1.35. The van der Waals surface area contributed by atoms with Crippen molar-refractivity contribution in [3.8, 4) is 0 Å². The zero-order valence-electron chi connectivity index (χ0n) is 13.1. The van der Waals surface area contributed by atoms with Gasteiger partial charge in [0.05, 0.1) is 11.6 Å². The van der Waals surface area contributed by atoms with Crippen molar-refractivity contribution in [3.63, 3.8) is 0 Å². The van der Waals surface area contributed by atoms with E-state index < -0.39 is 0 Å². The zero-order chi connectivity index (χ0) is 14.7. The van der Waals surface area contributed by atoms with Gasteiger partial charge in [-0.05, 0) is 74.8 Å². The van der Waals surface area contributed by atoms with E-state index in [0.29, 0.717) is 11.2 Å². The second-order valence-electron chi connectivity index (χ2n) is 8.39. The summed E-state index contributed by atoms with van der Waals surface area (Å²) in [6.07, 6.45) is 9.32. The van der Waals surface area contributed by atoms with Crippen LogP contribution in [0.4, 0.5) is 0 Å². The van der Waals surface area contributed by atoms with Gasteiger partial charge in [-0.25, -0.2) is 0 Å². The van der Waals surface area contributed by atoms with Gasteiger partial charge in [0.1, 0.15) is 5.78 Å². The second kappa shape index (κ2) is 4.41. The van der Waals surface area contributed by atoms with Crippen molar-refractivity contribution in [1.29, 1.82) is 0 Å². The van der Waals surface area contributed by atoms with Crippen LogP contribution in [-0.4, -0.2) is 10.8 Å². The number of aromatic nitrogens is 1. The van der Waals surface area contributed by atoms with Gasteiger partial charge in [0, 0.05) is 11.6 Å². The fourth-order valence-corrected chi connectivity index (χ4v) is 6.23. The fraction of sp³-hybridized carbons (Fsp3) is 0.684. The molecular weight excluding hydrogens is 258 g/mol. The summed E-state index contributed by atoms with van der Waals surface area (Å²) in [6.45, 7) is 4.49. The normalized spacial score (nSPS) is 42.0. The highest BCUT2D eigenvalue weighted by Gasteiger charge is 2.59. The number of hydrogen-bond donors (Lipinski definition) is 0. The molecule has 0 amide bonds. The van der Waals surface area contributed by atoms with Gasteiger partial charge in [0.2, 0.25) is 0 Å². The summed E-state index contributed by atoms with van der Waals surface area (Å²) in [5, 5.41) is 0. The van der Waals surface area contributed by atoms with E-state index in [4.69, 9.17) is 0 Å². The molecule has 4 aliphatic carbocycles. The fourth-order valence-electron chi connectivity index (χ4n) is 6.23. The van der Waals surface area contributed by atoms with Crippen LogP contribution in [0.2, 0.25) is 0 Å². The van der Waals surface area contributed by atoms with Crippen molar-refractivity contribution in [2.24, 2.45) is 22.7 Å². The summed E-state index contributed by atoms with van der Waals surface area (Å²) in [6, 6.07) is 5.92. The molecule has 21 heavy (non-hydrogen) atoms. The van der Waals surface area contributed by atoms with Crippen molar-refractivity contribution in [3.05, 3.63) is 30.1 Å². The number of hydrogen-bond acceptors (Lipinski definition) is 2. The number of pyridine rings is 1. The van der Waals surface area contributed by atoms with Crippen LogP contribution in [0.1, 0.15) is 64.0 Å². The Kier molecular flexibility index (Phi) is 2.83. The van der Waals surface area contributed by atoms with Crippen molar-refractivity contribution in [2.45, 2.75) is 58.3 Å². The molecule has 4 aliphatic rings. The molecule has 1 aromatic rings. The van der Waals surface area contributed by atoms with Gasteiger partial charge < -0.3 is 0 Å². The van der Waals surface area contributed by atoms with Crippen LogP contribution in [-0.2, 0) is 4.79 Å². The van der Waals surface area contributed by atoms with E-state index in [1.54, 1.807) is 6.20 Å². The molecule has 2 nitrogen and oxygen atoms in total. The smallest absolute Gasteiger partial charge is 0.147 e. The Hall–Kier alpha value is -1.18. The van der Waals surface area contributed by atoms with E-state index in [9.17, 15) is 4.79 Å². The lowest BCUT2D eigenvalue weighted by Gasteiger charge is -2.61. The van der Waals surface area contributed by atoms with Crippen LogP contribution in [0.15, 0.2) is 24.4 Å². The maximum atomic E-state index is 13.3. The largest absolute Gasteiger partial charge is 0.298 e. The molecule has 1 heterocycles. The second-order valence-corrected chi connectivity index (χ2v) is 8.39. The Labute approximate surface area is 127 Å². The molecule has 4 fully saturated rings. The minimum atomic E-state index is -0.0500. The summed E-state index contributed by atoms with van der Waals surface area (Å²) in [5.74, 6) is 2.03. The minimum absolute atomic E-state index is 0.0320. The number of carbonyl (C=O) groups excluding carboxylic acids is 1. The lowest BCUT2D eigenvalue weighted by atomic mass is 9.43. The molecule has 1 aromatic heterocycles. The maximum absolute atomic E-state index is 13.3. The monoisotopic (exact) mass is 283 g/mol. The van der Waals surface area contributed by atoms with Gasteiger partial charge in [-0.15, -0.1) is 0 Å². The molecule has 4 bridgehead atoms. The van der Waals surface area contributed by atoms with E-state index in [0.717, 1.165) is 36.8 Å². The Morgan fingerprint density at radius 1 is 1.24 bits per heavy atom. The highest BCUT2D eigenvalue weighted by Crippen LogP contribution is 2.66. The first-order chi connectivity index (χ1) is 10.00. The zero-order valence-corrected chi connectivity index (χ0v) is 13.1. The van der Waals surface area contributed by atoms with Gasteiger partial charge in [-0.3, -0.25) is 9.78 Å². The molecule has 0 N–H and O–H groups in total. The van der Waals surface area contributed by atoms with Gasteiger partial charge in [-0.1, -0.05) is 13.0 Å². The van der Waals surface area contributed by atoms with E-state index in [1.165, 1.54) is 19.3 Å². The lowest BCUT2D eigenvalue weighted by molar-refractivity contribution is -0.154. The highest BCUT2D eigenvalue weighted by atomic mass is 16.1. The number of Topliss-reactive ketones (excluding diaryl/α,β-unsaturated/α-hetero) is 1. The van der Waals surface area contributed by atoms with Gasteiger partial charge in [0.25, 0.3) is 0 Å². The Balaban J connectivity index is 1.65. The predicted molar refractivity (Wildman–Crippen MR) is 82.9 cm³/mol. The van der Waals surface area contributed by atoms with Crippen LogP contribution in [0.5, 0.6) is 0 Å². The van der Waals surface area contributed by atoms with Crippen molar-refractivity contribution in [2.75, 3.05) is 0 Å². The van der Waals surface area contributed by atoms with Gasteiger partial charge in [-0.2, -0.15) is 0 Å². The molecule has 3 atom stereocenters. The topological polar surface area (TPSA) is 30.0 Å². The average molecular weight is 283 g/mol. The van der Waals surface area contributed by atoms with Crippen molar-refractivity contribution < 1.29 is 4.79 Å². The summed E-state index contributed by atoms with van der Waals surface area (Å²) < 4.78 is 0. The van der Waals surface area contributed by atoms with Crippen LogP contribution in [0.25, 0.3) is 0 Å². The van der Waals surface area contributed by atoms with E-state index in [-0.39, 0.29) is 11.3 Å². The van der Waals surface area contributed by atoms with Crippen molar-refractivity contribution in [1.82, 2.24) is 4.98 Å².